The second-order valence-electron chi connectivity index (χ2n) is 4.85. The minimum Gasteiger partial charge on any atom is -0.316 e. The van der Waals surface area contributed by atoms with E-state index < -0.39 is 0 Å². The van der Waals surface area contributed by atoms with Crippen LogP contribution in [0.5, 0.6) is 0 Å². The molecule has 0 radical (unpaired) electrons. The van der Waals surface area contributed by atoms with Gasteiger partial charge in [0.2, 0.25) is 0 Å². The van der Waals surface area contributed by atoms with Crippen LogP contribution in [0.3, 0.4) is 0 Å². The molecule has 2 aliphatic rings. The summed E-state index contributed by atoms with van der Waals surface area (Å²) in [5.74, 6) is 0.754. The molecule has 2 rings (SSSR count). The Morgan fingerprint density at radius 1 is 1.20 bits per heavy atom. The van der Waals surface area contributed by atoms with E-state index >= 15 is 0 Å². The van der Waals surface area contributed by atoms with E-state index in [2.05, 4.69) is 10.2 Å². The lowest BCUT2D eigenvalue weighted by Crippen LogP contribution is -2.41. The van der Waals surface area contributed by atoms with Crippen LogP contribution >= 0.6 is 0 Å². The Kier molecular flexibility index (Phi) is 4.15. The molecule has 2 aliphatic heterocycles. The maximum absolute atomic E-state index is 12.0. The molecule has 0 bridgehead atoms. The summed E-state index contributed by atoms with van der Waals surface area (Å²) in [6.45, 7) is 4.96. The van der Waals surface area contributed by atoms with Crippen molar-refractivity contribution in [1.82, 2.24) is 10.2 Å². The van der Waals surface area contributed by atoms with Gasteiger partial charge in [-0.25, -0.2) is 0 Å². The maximum Gasteiger partial charge on any atom is 0.151 e. The van der Waals surface area contributed by atoms with E-state index in [1.807, 2.05) is 0 Å². The zero-order chi connectivity index (χ0) is 10.5. The van der Waals surface area contributed by atoms with Gasteiger partial charge in [-0.05, 0) is 45.3 Å². The topological polar surface area (TPSA) is 32.3 Å². The highest BCUT2D eigenvalue weighted by Gasteiger charge is 2.23. The second-order valence-corrected chi connectivity index (χ2v) is 4.85. The summed E-state index contributed by atoms with van der Waals surface area (Å²) in [4.78, 5) is 14.3. The van der Waals surface area contributed by atoms with E-state index in [4.69, 9.17) is 0 Å². The number of nitrogens with one attached hydrogen (secondary N) is 1. The van der Waals surface area contributed by atoms with Crippen LogP contribution in [0.15, 0.2) is 0 Å². The second kappa shape index (κ2) is 5.61. The highest BCUT2D eigenvalue weighted by atomic mass is 16.1. The van der Waals surface area contributed by atoms with E-state index in [-0.39, 0.29) is 0 Å². The summed E-state index contributed by atoms with van der Waals surface area (Å²) in [6.07, 6.45) is 6.15. The fourth-order valence-electron chi connectivity index (χ4n) is 2.59. The zero-order valence-electron chi connectivity index (χ0n) is 9.50. The van der Waals surface area contributed by atoms with Crippen LogP contribution < -0.4 is 5.32 Å². The predicted molar refractivity (Wildman–Crippen MR) is 60.9 cm³/mol. The van der Waals surface area contributed by atoms with Crippen molar-refractivity contribution in [2.45, 2.75) is 32.1 Å². The molecule has 0 spiro atoms. The minimum absolute atomic E-state index is 0.292. The van der Waals surface area contributed by atoms with Crippen LogP contribution in [0, 0.1) is 5.92 Å². The Labute approximate surface area is 92.2 Å². The fraction of sp³-hybridized carbons (Fsp3) is 0.917. The number of carbonyl (C=O) groups excluding carboxylic acids is 1. The first-order chi connectivity index (χ1) is 7.36. The van der Waals surface area contributed by atoms with E-state index in [0.29, 0.717) is 18.2 Å². The summed E-state index contributed by atoms with van der Waals surface area (Å²) in [5, 5.41) is 3.31. The summed E-state index contributed by atoms with van der Waals surface area (Å²) >= 11 is 0. The Morgan fingerprint density at radius 3 is 2.67 bits per heavy atom. The number of carbonyl (C=O) groups is 1. The Hall–Kier alpha value is -0.410. The van der Waals surface area contributed by atoms with Crippen LogP contribution in [0.4, 0.5) is 0 Å². The van der Waals surface area contributed by atoms with E-state index in [1.165, 1.54) is 19.3 Å². The summed E-state index contributed by atoms with van der Waals surface area (Å²) in [7, 11) is 0. The van der Waals surface area contributed by atoms with Crippen molar-refractivity contribution >= 4 is 5.78 Å². The van der Waals surface area contributed by atoms with Gasteiger partial charge in [0, 0.05) is 12.5 Å². The monoisotopic (exact) mass is 210 g/mol. The van der Waals surface area contributed by atoms with Crippen molar-refractivity contribution in [3.05, 3.63) is 0 Å². The molecule has 0 aromatic carbocycles. The molecule has 0 aromatic rings. The van der Waals surface area contributed by atoms with Gasteiger partial charge in [-0.15, -0.1) is 0 Å². The molecule has 86 valence electrons. The molecule has 2 fully saturated rings. The fourth-order valence-corrected chi connectivity index (χ4v) is 2.59. The van der Waals surface area contributed by atoms with Gasteiger partial charge in [0.25, 0.3) is 0 Å². The number of ketones is 1. The van der Waals surface area contributed by atoms with Crippen LogP contribution in [0.1, 0.15) is 32.1 Å². The highest BCUT2D eigenvalue weighted by Crippen LogP contribution is 2.14. The predicted octanol–water partition coefficient (Wildman–Crippen LogP) is 1.04. The third kappa shape index (κ3) is 3.28. The molecule has 0 saturated carbocycles. The van der Waals surface area contributed by atoms with Crippen molar-refractivity contribution in [1.29, 1.82) is 0 Å². The summed E-state index contributed by atoms with van der Waals surface area (Å²) in [6, 6.07) is 0. The Balaban J connectivity index is 1.74. The van der Waals surface area contributed by atoms with Crippen LogP contribution in [-0.2, 0) is 4.79 Å². The lowest BCUT2D eigenvalue weighted by molar-refractivity contribution is -0.124. The first-order valence-corrected chi connectivity index (χ1v) is 6.32. The van der Waals surface area contributed by atoms with Crippen molar-refractivity contribution in [2.75, 3.05) is 32.7 Å². The van der Waals surface area contributed by atoms with Gasteiger partial charge in [-0.3, -0.25) is 9.69 Å². The van der Waals surface area contributed by atoms with E-state index in [9.17, 15) is 4.79 Å². The van der Waals surface area contributed by atoms with Gasteiger partial charge in [-0.2, -0.15) is 0 Å². The van der Waals surface area contributed by atoms with E-state index in [0.717, 1.165) is 39.0 Å². The Morgan fingerprint density at radius 2 is 2.00 bits per heavy atom. The molecule has 2 heterocycles. The average Bonchev–Trinajstić information content (AvgIpc) is 2.31. The molecule has 1 atom stereocenters. The van der Waals surface area contributed by atoms with Gasteiger partial charge < -0.3 is 5.32 Å². The molecule has 0 aromatic heterocycles. The molecule has 3 heteroatoms. The standard InChI is InChI=1S/C12H22N2O/c15-12(11-5-4-6-13-9-11)10-14-7-2-1-3-8-14/h11,13H,1-10H2. The van der Waals surface area contributed by atoms with Gasteiger partial charge in [0.15, 0.2) is 5.78 Å². The molecule has 0 aliphatic carbocycles. The van der Waals surface area contributed by atoms with Crippen molar-refractivity contribution in [3.8, 4) is 0 Å². The molecular formula is C12H22N2O. The number of Topliss-reactive ketones (excluding diaryl/α,β-unsaturated/α-hetero) is 1. The smallest absolute Gasteiger partial charge is 0.151 e. The van der Waals surface area contributed by atoms with Crippen molar-refractivity contribution < 1.29 is 4.79 Å². The largest absolute Gasteiger partial charge is 0.316 e. The lowest BCUT2D eigenvalue weighted by Gasteiger charge is -2.28. The number of likely N-dealkylation sites (tertiary alicyclic amines) is 1. The number of hydrogen-bond acceptors (Lipinski definition) is 3. The number of rotatable bonds is 3. The van der Waals surface area contributed by atoms with Crippen LogP contribution in [0.25, 0.3) is 0 Å². The summed E-state index contributed by atoms with van der Waals surface area (Å²) in [5.41, 5.74) is 0. The molecule has 3 nitrogen and oxygen atoms in total. The number of piperidine rings is 2. The summed E-state index contributed by atoms with van der Waals surface area (Å²) < 4.78 is 0. The first-order valence-electron chi connectivity index (χ1n) is 6.32. The van der Waals surface area contributed by atoms with Gasteiger partial charge in [-0.1, -0.05) is 6.42 Å². The molecule has 1 N–H and O–H groups in total. The molecule has 1 unspecified atom stereocenters. The zero-order valence-corrected chi connectivity index (χ0v) is 9.50. The number of hydrogen-bond donors (Lipinski definition) is 1. The van der Waals surface area contributed by atoms with Crippen molar-refractivity contribution in [3.63, 3.8) is 0 Å². The number of nitrogens with zero attached hydrogens (tertiary/aromatic N) is 1. The molecule has 15 heavy (non-hydrogen) atoms. The third-order valence-electron chi connectivity index (χ3n) is 3.58. The normalized spacial score (nSPS) is 28.9. The lowest BCUT2D eigenvalue weighted by atomic mass is 9.94. The third-order valence-corrected chi connectivity index (χ3v) is 3.58. The quantitative estimate of drug-likeness (QED) is 0.755. The van der Waals surface area contributed by atoms with Crippen LogP contribution in [0.2, 0.25) is 0 Å². The van der Waals surface area contributed by atoms with Gasteiger partial charge in [0.1, 0.15) is 0 Å². The molecular weight excluding hydrogens is 188 g/mol. The molecule has 0 amide bonds. The van der Waals surface area contributed by atoms with Gasteiger partial charge in [0.05, 0.1) is 6.54 Å². The van der Waals surface area contributed by atoms with E-state index in [1.54, 1.807) is 0 Å². The van der Waals surface area contributed by atoms with Gasteiger partial charge >= 0.3 is 0 Å². The SMILES string of the molecule is O=C(CN1CCCCC1)C1CCCNC1. The Bertz CT molecular complexity index is 206. The maximum atomic E-state index is 12.0. The highest BCUT2D eigenvalue weighted by molar-refractivity contribution is 5.83. The average molecular weight is 210 g/mol. The first kappa shape index (κ1) is 11.1. The van der Waals surface area contributed by atoms with Crippen molar-refractivity contribution in [2.24, 2.45) is 5.92 Å². The minimum atomic E-state index is 0.292. The molecule has 2 saturated heterocycles. The van der Waals surface area contributed by atoms with Crippen LogP contribution in [-0.4, -0.2) is 43.4 Å².